The van der Waals surface area contributed by atoms with Crippen LogP contribution in [0.25, 0.3) is 0 Å². The van der Waals surface area contributed by atoms with Crippen LogP contribution >= 0.6 is 0 Å². The fourth-order valence-electron chi connectivity index (χ4n) is 2.71. The molecule has 1 unspecified atom stereocenters. The number of hydrogen-bond donors (Lipinski definition) is 0. The van der Waals surface area contributed by atoms with Gasteiger partial charge in [0.25, 0.3) is 5.78 Å². The Morgan fingerprint density at radius 2 is 1.91 bits per heavy atom. The van der Waals surface area contributed by atoms with Crippen LogP contribution in [-0.2, 0) is 19.0 Å². The standard InChI is InChI=1S/C13H14F6O4/c1-2-21-8-6-4-3-5-22-11(6)23-10(13(17,18)19)7(8)9(20)12(14,15)16/h6,8,11H,2-5H2,1H3/t6?,8-,11-/m0/s1. The van der Waals surface area contributed by atoms with Crippen molar-refractivity contribution in [1.29, 1.82) is 0 Å². The Morgan fingerprint density at radius 3 is 2.43 bits per heavy atom. The molecule has 2 aliphatic heterocycles. The number of ether oxygens (including phenoxy) is 3. The second kappa shape index (κ2) is 6.31. The molecule has 0 aliphatic carbocycles. The minimum Gasteiger partial charge on any atom is -0.459 e. The number of allylic oxidation sites excluding steroid dienone is 1. The minimum absolute atomic E-state index is 0.119. The van der Waals surface area contributed by atoms with E-state index in [-0.39, 0.29) is 19.6 Å². The summed E-state index contributed by atoms with van der Waals surface area (Å²) in [5.41, 5.74) is -1.53. The zero-order valence-corrected chi connectivity index (χ0v) is 12.0. The van der Waals surface area contributed by atoms with E-state index in [0.717, 1.165) is 0 Å². The number of ketones is 1. The van der Waals surface area contributed by atoms with Crippen LogP contribution in [-0.4, -0.2) is 43.7 Å². The predicted octanol–water partition coefficient (Wildman–Crippen LogP) is 3.12. The van der Waals surface area contributed by atoms with E-state index in [1.165, 1.54) is 6.92 Å². The number of rotatable bonds is 3. The summed E-state index contributed by atoms with van der Waals surface area (Å²) >= 11 is 0. The second-order valence-electron chi connectivity index (χ2n) is 5.11. The highest BCUT2D eigenvalue weighted by molar-refractivity contribution is 6.01. The number of halogens is 6. The SMILES string of the molecule is CCO[C@@H]1C(C(=O)C(F)(F)F)=C(C(F)(F)F)O[C@@H]2OCCCC21. The third kappa shape index (κ3) is 3.63. The molecule has 1 fully saturated rings. The van der Waals surface area contributed by atoms with Crippen molar-refractivity contribution in [2.24, 2.45) is 5.92 Å². The average Bonchev–Trinajstić information content (AvgIpc) is 2.44. The summed E-state index contributed by atoms with van der Waals surface area (Å²) in [7, 11) is 0. The zero-order valence-electron chi connectivity index (χ0n) is 12.0. The maximum atomic E-state index is 13.1. The Labute approximate surface area is 127 Å². The first-order chi connectivity index (χ1) is 10.6. The third-order valence-electron chi connectivity index (χ3n) is 3.57. The van der Waals surface area contributed by atoms with E-state index in [4.69, 9.17) is 9.47 Å². The van der Waals surface area contributed by atoms with Crippen molar-refractivity contribution in [2.75, 3.05) is 13.2 Å². The molecule has 132 valence electrons. The molecule has 0 N–H and O–H groups in total. The molecule has 2 rings (SSSR count). The summed E-state index contributed by atoms with van der Waals surface area (Å²) in [5.74, 6) is -5.50. The van der Waals surface area contributed by atoms with Crippen LogP contribution < -0.4 is 0 Å². The average molecular weight is 348 g/mol. The predicted molar refractivity (Wildman–Crippen MR) is 63.1 cm³/mol. The molecule has 0 amide bonds. The van der Waals surface area contributed by atoms with Crippen LogP contribution in [0.4, 0.5) is 26.3 Å². The molecule has 2 aliphatic rings. The molecule has 2 heterocycles. The van der Waals surface area contributed by atoms with Gasteiger partial charge in [-0.2, -0.15) is 26.3 Å². The van der Waals surface area contributed by atoms with E-state index in [0.29, 0.717) is 6.42 Å². The Balaban J connectivity index is 2.56. The van der Waals surface area contributed by atoms with Gasteiger partial charge in [0.05, 0.1) is 24.2 Å². The van der Waals surface area contributed by atoms with Crippen molar-refractivity contribution in [3.8, 4) is 0 Å². The fourth-order valence-corrected chi connectivity index (χ4v) is 2.71. The summed E-state index contributed by atoms with van der Waals surface area (Å²) in [4.78, 5) is 11.6. The lowest BCUT2D eigenvalue weighted by molar-refractivity contribution is -0.245. The topological polar surface area (TPSA) is 44.8 Å². The zero-order chi connectivity index (χ0) is 17.4. The van der Waals surface area contributed by atoms with Crippen molar-refractivity contribution in [1.82, 2.24) is 0 Å². The van der Waals surface area contributed by atoms with Crippen LogP contribution in [0.3, 0.4) is 0 Å². The van der Waals surface area contributed by atoms with E-state index >= 15 is 0 Å². The van der Waals surface area contributed by atoms with Crippen LogP contribution in [0.2, 0.25) is 0 Å². The van der Waals surface area contributed by atoms with Crippen LogP contribution in [0.5, 0.6) is 0 Å². The van der Waals surface area contributed by atoms with Gasteiger partial charge < -0.3 is 14.2 Å². The molecule has 0 saturated carbocycles. The van der Waals surface area contributed by atoms with Gasteiger partial charge in [-0.25, -0.2) is 0 Å². The van der Waals surface area contributed by atoms with Gasteiger partial charge in [0.2, 0.25) is 12.0 Å². The van der Waals surface area contributed by atoms with Gasteiger partial charge in [-0.05, 0) is 19.8 Å². The molecule has 23 heavy (non-hydrogen) atoms. The molecular formula is C13H14F6O4. The number of carbonyl (C=O) groups is 1. The lowest BCUT2D eigenvalue weighted by Gasteiger charge is -2.42. The van der Waals surface area contributed by atoms with Crippen molar-refractivity contribution >= 4 is 5.78 Å². The molecule has 10 heteroatoms. The van der Waals surface area contributed by atoms with E-state index in [1.54, 1.807) is 0 Å². The monoisotopic (exact) mass is 348 g/mol. The Morgan fingerprint density at radius 1 is 1.26 bits per heavy atom. The molecule has 0 bridgehead atoms. The third-order valence-corrected chi connectivity index (χ3v) is 3.57. The smallest absolute Gasteiger partial charge is 0.454 e. The van der Waals surface area contributed by atoms with E-state index in [1.807, 2.05) is 0 Å². The van der Waals surface area contributed by atoms with Crippen molar-refractivity contribution in [3.63, 3.8) is 0 Å². The molecule has 4 nitrogen and oxygen atoms in total. The summed E-state index contributed by atoms with van der Waals surface area (Å²) in [5, 5.41) is 0. The molecule has 0 aromatic heterocycles. The number of hydrogen-bond acceptors (Lipinski definition) is 4. The number of alkyl halides is 6. The Bertz CT molecular complexity index is 496. The van der Waals surface area contributed by atoms with E-state index < -0.39 is 47.8 Å². The summed E-state index contributed by atoms with van der Waals surface area (Å²) < 4.78 is 92.2. The highest BCUT2D eigenvalue weighted by atomic mass is 19.4. The van der Waals surface area contributed by atoms with Gasteiger partial charge in [-0.1, -0.05) is 0 Å². The van der Waals surface area contributed by atoms with Crippen molar-refractivity contribution < 1.29 is 45.3 Å². The van der Waals surface area contributed by atoms with Gasteiger partial charge in [-0.15, -0.1) is 0 Å². The fraction of sp³-hybridized carbons (Fsp3) is 0.769. The molecule has 0 radical (unpaired) electrons. The van der Waals surface area contributed by atoms with Crippen LogP contribution in [0.1, 0.15) is 19.8 Å². The van der Waals surface area contributed by atoms with Gasteiger partial charge in [-0.3, -0.25) is 4.79 Å². The highest BCUT2D eigenvalue weighted by Gasteiger charge is 2.56. The van der Waals surface area contributed by atoms with Crippen molar-refractivity contribution in [2.45, 2.75) is 44.5 Å². The number of Topliss-reactive ketones (excluding diaryl/α,β-unsaturated/α-hetero) is 1. The first kappa shape index (κ1) is 18.1. The molecule has 0 aromatic carbocycles. The molecular weight excluding hydrogens is 334 g/mol. The largest absolute Gasteiger partial charge is 0.459 e. The first-order valence-electron chi connectivity index (χ1n) is 6.90. The normalized spacial score (nSPS) is 29.1. The number of fused-ring (bicyclic) bond motifs is 1. The molecule has 1 saturated heterocycles. The van der Waals surface area contributed by atoms with Gasteiger partial charge in [0, 0.05) is 6.61 Å². The Hall–Kier alpha value is -1.29. The van der Waals surface area contributed by atoms with Gasteiger partial charge in [0.15, 0.2) is 0 Å². The minimum atomic E-state index is -5.47. The molecule has 0 spiro atoms. The summed E-state index contributed by atoms with van der Waals surface area (Å²) in [6, 6.07) is 0. The van der Waals surface area contributed by atoms with Crippen LogP contribution in [0, 0.1) is 5.92 Å². The Kier molecular flexibility index (Phi) is 4.95. The lowest BCUT2D eigenvalue weighted by atomic mass is 9.84. The first-order valence-corrected chi connectivity index (χ1v) is 6.90. The molecule has 3 atom stereocenters. The second-order valence-corrected chi connectivity index (χ2v) is 5.11. The van der Waals surface area contributed by atoms with Crippen molar-refractivity contribution in [3.05, 3.63) is 11.3 Å². The number of carbonyl (C=O) groups excluding carboxylic acids is 1. The molecule has 0 aromatic rings. The van der Waals surface area contributed by atoms with Gasteiger partial charge in [0.1, 0.15) is 0 Å². The maximum Gasteiger partial charge on any atom is 0.454 e. The highest BCUT2D eigenvalue weighted by Crippen LogP contribution is 2.44. The van der Waals surface area contributed by atoms with E-state index in [2.05, 4.69) is 4.74 Å². The summed E-state index contributed by atoms with van der Waals surface area (Å²) in [6.45, 7) is 1.37. The maximum absolute atomic E-state index is 13.1. The van der Waals surface area contributed by atoms with Gasteiger partial charge >= 0.3 is 12.4 Å². The van der Waals surface area contributed by atoms with E-state index in [9.17, 15) is 31.1 Å². The lowest BCUT2D eigenvalue weighted by Crippen LogP contribution is -2.50. The quantitative estimate of drug-likeness (QED) is 0.735. The van der Waals surface area contributed by atoms with Crippen LogP contribution in [0.15, 0.2) is 11.3 Å². The summed E-state index contributed by atoms with van der Waals surface area (Å²) in [6.07, 6.45) is -13.1.